The molecule has 2 heterocycles. The highest BCUT2D eigenvalue weighted by Crippen LogP contribution is 2.31. The molecule has 0 bridgehead atoms. The zero-order valence-corrected chi connectivity index (χ0v) is 14.3. The first-order valence-corrected chi connectivity index (χ1v) is 9.69. The molecule has 1 fully saturated rings. The summed E-state index contributed by atoms with van der Waals surface area (Å²) in [6, 6.07) is 8.07. The Morgan fingerprint density at radius 2 is 2.09 bits per heavy atom. The highest BCUT2D eigenvalue weighted by Gasteiger charge is 2.21. The van der Waals surface area contributed by atoms with Gasteiger partial charge in [0.25, 0.3) is 0 Å². The molecule has 0 aliphatic carbocycles. The van der Waals surface area contributed by atoms with E-state index in [0.29, 0.717) is 11.9 Å². The Bertz CT molecular complexity index is 517. The first-order valence-electron chi connectivity index (χ1n) is 8.53. The van der Waals surface area contributed by atoms with Crippen LogP contribution in [0.25, 0.3) is 0 Å². The number of fused-ring (bicyclic) bond motifs is 1. The van der Waals surface area contributed by atoms with E-state index in [1.54, 1.807) is 11.8 Å². The molecule has 2 aliphatic rings. The molecule has 1 N–H and O–H groups in total. The summed E-state index contributed by atoms with van der Waals surface area (Å²) in [4.78, 5) is 12.3. The summed E-state index contributed by atoms with van der Waals surface area (Å²) in [5.41, 5.74) is 1.10. The van der Waals surface area contributed by atoms with E-state index in [1.165, 1.54) is 12.8 Å². The molecule has 1 saturated heterocycles. The summed E-state index contributed by atoms with van der Waals surface area (Å²) >= 11 is 1.67. The van der Waals surface area contributed by atoms with E-state index >= 15 is 0 Å². The third-order valence-corrected chi connectivity index (χ3v) is 5.41. The number of hydrogen-bond acceptors (Lipinski definition) is 4. The van der Waals surface area contributed by atoms with Crippen molar-refractivity contribution in [2.75, 3.05) is 24.7 Å². The molecule has 3 rings (SSSR count). The van der Waals surface area contributed by atoms with Gasteiger partial charge in [-0.15, -0.1) is 11.8 Å². The second-order valence-corrected chi connectivity index (χ2v) is 7.18. The largest absolute Gasteiger partial charge is 0.493 e. The Kier molecular flexibility index (Phi) is 6.22. The molecule has 2 unspecified atom stereocenters. The van der Waals surface area contributed by atoms with E-state index in [-0.39, 0.29) is 11.9 Å². The van der Waals surface area contributed by atoms with Gasteiger partial charge in [0, 0.05) is 17.9 Å². The van der Waals surface area contributed by atoms with Gasteiger partial charge in [-0.3, -0.25) is 4.79 Å². The van der Waals surface area contributed by atoms with Crippen LogP contribution in [0.1, 0.15) is 43.7 Å². The normalized spacial score (nSPS) is 24.2. The number of thioether (sulfide) groups is 1. The molecule has 4 nitrogen and oxygen atoms in total. The maximum atomic E-state index is 12.3. The van der Waals surface area contributed by atoms with Gasteiger partial charge in [0.1, 0.15) is 5.75 Å². The molecular weight excluding hydrogens is 310 g/mol. The second kappa shape index (κ2) is 8.60. The highest BCUT2D eigenvalue weighted by atomic mass is 32.2. The molecule has 5 heteroatoms. The van der Waals surface area contributed by atoms with Gasteiger partial charge < -0.3 is 14.8 Å². The Hall–Kier alpha value is -1.20. The first kappa shape index (κ1) is 16.7. The van der Waals surface area contributed by atoms with Crippen LogP contribution in [-0.4, -0.2) is 36.7 Å². The Morgan fingerprint density at radius 3 is 2.96 bits per heavy atom. The molecule has 1 amide bonds. The van der Waals surface area contributed by atoms with Crippen LogP contribution in [0, 0.1) is 0 Å². The van der Waals surface area contributed by atoms with E-state index in [4.69, 9.17) is 9.47 Å². The number of para-hydroxylation sites is 1. The zero-order valence-electron chi connectivity index (χ0n) is 13.5. The standard InChI is InChI=1S/C18H25NO3S/c20-18(13-23-12-14-6-3-4-10-21-14)19-16-8-5-11-22-17-9-2-1-7-15(16)17/h1-2,7,9,14,16H,3-6,8,10-13H2,(H,19,20). The summed E-state index contributed by atoms with van der Waals surface area (Å²) in [7, 11) is 0. The average molecular weight is 335 g/mol. The van der Waals surface area contributed by atoms with Gasteiger partial charge in [0.05, 0.1) is 24.5 Å². The van der Waals surface area contributed by atoms with Crippen LogP contribution < -0.4 is 10.1 Å². The molecule has 2 atom stereocenters. The van der Waals surface area contributed by atoms with Crippen molar-refractivity contribution in [3.63, 3.8) is 0 Å². The number of benzene rings is 1. The zero-order chi connectivity index (χ0) is 15.9. The summed E-state index contributed by atoms with van der Waals surface area (Å²) in [5.74, 6) is 2.42. The Labute approximate surface area is 142 Å². The quantitative estimate of drug-likeness (QED) is 0.897. The van der Waals surface area contributed by atoms with E-state index in [2.05, 4.69) is 11.4 Å². The fourth-order valence-corrected chi connectivity index (χ4v) is 4.05. The molecule has 2 aliphatic heterocycles. The Morgan fingerprint density at radius 1 is 1.17 bits per heavy atom. The number of rotatable bonds is 5. The van der Waals surface area contributed by atoms with Crippen molar-refractivity contribution in [2.45, 2.75) is 44.2 Å². The van der Waals surface area contributed by atoms with Crippen LogP contribution in [0.5, 0.6) is 5.75 Å². The summed E-state index contributed by atoms with van der Waals surface area (Å²) in [5, 5.41) is 3.17. The van der Waals surface area contributed by atoms with E-state index in [9.17, 15) is 4.79 Å². The minimum Gasteiger partial charge on any atom is -0.493 e. The molecule has 0 aromatic heterocycles. The SMILES string of the molecule is O=C(CSCC1CCCCO1)NC1CCCOc2ccccc21. The van der Waals surface area contributed by atoms with Gasteiger partial charge in [0.2, 0.25) is 5.91 Å². The first-order chi connectivity index (χ1) is 11.3. The maximum absolute atomic E-state index is 12.3. The van der Waals surface area contributed by atoms with Gasteiger partial charge in [-0.25, -0.2) is 0 Å². The monoisotopic (exact) mass is 335 g/mol. The van der Waals surface area contributed by atoms with Gasteiger partial charge in [-0.2, -0.15) is 0 Å². The minimum atomic E-state index is 0.0627. The predicted molar refractivity (Wildman–Crippen MR) is 93.0 cm³/mol. The molecular formula is C18H25NO3S. The number of ether oxygens (including phenoxy) is 2. The van der Waals surface area contributed by atoms with Crippen molar-refractivity contribution in [1.29, 1.82) is 0 Å². The summed E-state index contributed by atoms with van der Waals surface area (Å²) in [6.07, 6.45) is 5.76. The van der Waals surface area contributed by atoms with Crippen molar-refractivity contribution < 1.29 is 14.3 Å². The Balaban J connectivity index is 1.47. The lowest BCUT2D eigenvalue weighted by molar-refractivity contribution is -0.119. The van der Waals surface area contributed by atoms with Crippen molar-refractivity contribution in [3.8, 4) is 5.75 Å². The lowest BCUT2D eigenvalue weighted by Gasteiger charge is -2.22. The highest BCUT2D eigenvalue weighted by molar-refractivity contribution is 7.99. The third kappa shape index (κ3) is 4.88. The van der Waals surface area contributed by atoms with Crippen LogP contribution in [0.4, 0.5) is 0 Å². The third-order valence-electron chi connectivity index (χ3n) is 4.34. The number of carbonyl (C=O) groups is 1. The van der Waals surface area contributed by atoms with Gasteiger partial charge in [0.15, 0.2) is 0 Å². The van der Waals surface area contributed by atoms with Crippen LogP contribution in [-0.2, 0) is 9.53 Å². The lowest BCUT2D eigenvalue weighted by atomic mass is 10.0. The average Bonchev–Trinajstić information content (AvgIpc) is 2.78. The maximum Gasteiger partial charge on any atom is 0.230 e. The van der Waals surface area contributed by atoms with E-state index in [0.717, 1.165) is 49.5 Å². The van der Waals surface area contributed by atoms with E-state index < -0.39 is 0 Å². The molecule has 0 saturated carbocycles. The number of amides is 1. The topological polar surface area (TPSA) is 47.6 Å². The van der Waals surface area contributed by atoms with Crippen molar-refractivity contribution >= 4 is 17.7 Å². The van der Waals surface area contributed by atoms with Gasteiger partial charge in [-0.05, 0) is 38.2 Å². The smallest absolute Gasteiger partial charge is 0.230 e. The van der Waals surface area contributed by atoms with Crippen molar-refractivity contribution in [1.82, 2.24) is 5.32 Å². The number of nitrogens with one attached hydrogen (secondary N) is 1. The van der Waals surface area contributed by atoms with Crippen molar-refractivity contribution in [2.24, 2.45) is 0 Å². The molecule has 0 radical (unpaired) electrons. The van der Waals surface area contributed by atoms with Crippen LogP contribution in [0.2, 0.25) is 0 Å². The van der Waals surface area contributed by atoms with Crippen LogP contribution >= 0.6 is 11.8 Å². The van der Waals surface area contributed by atoms with Crippen LogP contribution in [0.3, 0.4) is 0 Å². The van der Waals surface area contributed by atoms with Gasteiger partial charge >= 0.3 is 0 Å². The minimum absolute atomic E-state index is 0.0627. The van der Waals surface area contributed by atoms with Gasteiger partial charge in [-0.1, -0.05) is 18.2 Å². The molecule has 126 valence electrons. The number of hydrogen-bond donors (Lipinski definition) is 1. The summed E-state index contributed by atoms with van der Waals surface area (Å²) in [6.45, 7) is 1.59. The molecule has 1 aromatic carbocycles. The lowest BCUT2D eigenvalue weighted by Crippen LogP contribution is -2.30. The molecule has 23 heavy (non-hydrogen) atoms. The fraction of sp³-hybridized carbons (Fsp3) is 0.611. The molecule has 1 aromatic rings. The molecule has 0 spiro atoms. The number of carbonyl (C=O) groups excluding carboxylic acids is 1. The second-order valence-electron chi connectivity index (χ2n) is 6.15. The van der Waals surface area contributed by atoms with Crippen molar-refractivity contribution in [3.05, 3.63) is 29.8 Å². The predicted octanol–water partition coefficient (Wildman–Crippen LogP) is 3.32. The fourth-order valence-electron chi connectivity index (χ4n) is 3.13. The van der Waals surface area contributed by atoms with Crippen LogP contribution in [0.15, 0.2) is 24.3 Å². The van der Waals surface area contributed by atoms with E-state index in [1.807, 2.05) is 18.2 Å². The summed E-state index contributed by atoms with van der Waals surface area (Å²) < 4.78 is 11.5.